The topological polar surface area (TPSA) is 79.2 Å². The van der Waals surface area contributed by atoms with Crippen molar-refractivity contribution >= 4 is 27.5 Å². The van der Waals surface area contributed by atoms with Gasteiger partial charge in [-0.15, -0.1) is 0 Å². The number of anilines is 1. The van der Waals surface area contributed by atoms with E-state index in [0.29, 0.717) is 12.1 Å². The third-order valence-corrected chi connectivity index (χ3v) is 4.40. The van der Waals surface area contributed by atoms with Crippen molar-refractivity contribution in [1.82, 2.24) is 0 Å². The molecule has 0 amide bonds. The molecule has 0 saturated heterocycles. The standard InChI is InChI=1S/C17H20N2O3S/c1-12-4-5-14-10-15(19-8-9-22-23(3,20)21)6-7-16(14)17(11-18)13(12)2/h4-7,10,12,19H,8-9H2,1-3H3. The minimum Gasteiger partial charge on any atom is -0.383 e. The van der Waals surface area contributed by atoms with Gasteiger partial charge in [0.2, 0.25) is 0 Å². The molecule has 122 valence electrons. The highest BCUT2D eigenvalue weighted by molar-refractivity contribution is 7.85. The smallest absolute Gasteiger partial charge is 0.264 e. The first kappa shape index (κ1) is 17.3. The molecule has 23 heavy (non-hydrogen) atoms. The van der Waals surface area contributed by atoms with Crippen molar-refractivity contribution in [3.63, 3.8) is 0 Å². The number of nitrogens with one attached hydrogen (secondary N) is 1. The Balaban J connectivity index is 2.18. The van der Waals surface area contributed by atoms with Crippen LogP contribution in [0.25, 0.3) is 11.6 Å². The van der Waals surface area contributed by atoms with Crippen molar-refractivity contribution in [2.75, 3.05) is 24.7 Å². The van der Waals surface area contributed by atoms with Crippen molar-refractivity contribution in [3.05, 3.63) is 41.0 Å². The lowest BCUT2D eigenvalue weighted by Crippen LogP contribution is -2.13. The van der Waals surface area contributed by atoms with Crippen LogP contribution in [0.3, 0.4) is 0 Å². The minimum absolute atomic E-state index is 0.0747. The van der Waals surface area contributed by atoms with Gasteiger partial charge in [0.1, 0.15) is 0 Å². The lowest BCUT2D eigenvalue weighted by Gasteiger charge is -2.11. The highest BCUT2D eigenvalue weighted by Crippen LogP contribution is 2.32. The van der Waals surface area contributed by atoms with Crippen LogP contribution in [0.4, 0.5) is 5.69 Å². The maximum absolute atomic E-state index is 10.9. The van der Waals surface area contributed by atoms with Gasteiger partial charge in [0.25, 0.3) is 10.1 Å². The average Bonchev–Trinajstić information content (AvgIpc) is 2.60. The van der Waals surface area contributed by atoms with Crippen molar-refractivity contribution in [1.29, 1.82) is 5.26 Å². The molecule has 1 N–H and O–H groups in total. The second kappa shape index (κ2) is 6.99. The summed E-state index contributed by atoms with van der Waals surface area (Å²) in [4.78, 5) is 0. The first-order chi connectivity index (χ1) is 10.8. The third-order valence-electron chi connectivity index (χ3n) is 3.80. The number of allylic oxidation sites excluding steroid dienone is 3. The van der Waals surface area contributed by atoms with Gasteiger partial charge in [-0.25, -0.2) is 0 Å². The molecule has 1 aliphatic carbocycles. The van der Waals surface area contributed by atoms with Crippen molar-refractivity contribution < 1.29 is 12.6 Å². The minimum atomic E-state index is -3.41. The fourth-order valence-electron chi connectivity index (χ4n) is 2.41. The molecule has 2 rings (SSSR count). The molecular formula is C17H20N2O3S. The van der Waals surface area contributed by atoms with E-state index in [9.17, 15) is 13.7 Å². The normalized spacial score (nSPS) is 17.4. The Bertz CT molecular complexity index is 802. The lowest BCUT2D eigenvalue weighted by atomic mass is 9.94. The molecular weight excluding hydrogens is 312 g/mol. The zero-order valence-electron chi connectivity index (χ0n) is 13.5. The average molecular weight is 332 g/mol. The van der Waals surface area contributed by atoms with Crippen LogP contribution < -0.4 is 5.32 Å². The Morgan fingerprint density at radius 1 is 1.39 bits per heavy atom. The van der Waals surface area contributed by atoms with E-state index in [1.807, 2.05) is 31.2 Å². The van der Waals surface area contributed by atoms with Crippen LogP contribution in [-0.2, 0) is 14.3 Å². The molecule has 0 fully saturated rings. The van der Waals surface area contributed by atoms with Gasteiger partial charge in [-0.3, -0.25) is 4.18 Å². The number of nitriles is 1. The van der Waals surface area contributed by atoms with E-state index in [-0.39, 0.29) is 12.5 Å². The van der Waals surface area contributed by atoms with Gasteiger partial charge in [0.15, 0.2) is 0 Å². The van der Waals surface area contributed by atoms with Gasteiger partial charge < -0.3 is 5.32 Å². The molecule has 0 aromatic heterocycles. The van der Waals surface area contributed by atoms with Crippen LogP contribution in [0.15, 0.2) is 29.8 Å². The summed E-state index contributed by atoms with van der Waals surface area (Å²) in [6.07, 6.45) is 5.13. The van der Waals surface area contributed by atoms with Gasteiger partial charge in [0.05, 0.1) is 24.5 Å². The molecule has 0 aliphatic heterocycles. The zero-order valence-corrected chi connectivity index (χ0v) is 14.3. The summed E-state index contributed by atoms with van der Waals surface area (Å²) in [7, 11) is -3.41. The molecule has 1 atom stereocenters. The Morgan fingerprint density at radius 3 is 2.78 bits per heavy atom. The Labute approximate surface area is 137 Å². The Morgan fingerprint density at radius 2 is 2.13 bits per heavy atom. The van der Waals surface area contributed by atoms with Crippen LogP contribution >= 0.6 is 0 Å². The molecule has 1 aromatic rings. The summed E-state index contributed by atoms with van der Waals surface area (Å²) in [5, 5.41) is 12.6. The first-order valence-electron chi connectivity index (χ1n) is 7.33. The van der Waals surface area contributed by atoms with Gasteiger partial charge in [-0.1, -0.05) is 25.1 Å². The molecule has 0 spiro atoms. The number of hydrogen-bond acceptors (Lipinski definition) is 5. The highest BCUT2D eigenvalue weighted by Gasteiger charge is 2.16. The van der Waals surface area contributed by atoms with Crippen LogP contribution in [0.5, 0.6) is 0 Å². The first-order valence-corrected chi connectivity index (χ1v) is 9.15. The van der Waals surface area contributed by atoms with E-state index in [4.69, 9.17) is 4.18 Å². The molecule has 0 bridgehead atoms. The summed E-state index contributed by atoms with van der Waals surface area (Å²) in [6, 6.07) is 8.05. The fourth-order valence-corrected chi connectivity index (χ4v) is 2.79. The number of hydrogen-bond donors (Lipinski definition) is 1. The molecule has 6 heteroatoms. The van der Waals surface area contributed by atoms with Crippen LogP contribution in [-0.4, -0.2) is 27.8 Å². The van der Waals surface area contributed by atoms with Crippen LogP contribution in [0.1, 0.15) is 25.0 Å². The molecule has 1 aliphatic rings. The second-order valence-corrected chi connectivity index (χ2v) is 7.22. The molecule has 0 radical (unpaired) electrons. The summed E-state index contributed by atoms with van der Waals surface area (Å²) in [5.74, 6) is 0.219. The Hall–Kier alpha value is -2.10. The van der Waals surface area contributed by atoms with Crippen molar-refractivity contribution in [2.45, 2.75) is 13.8 Å². The zero-order chi connectivity index (χ0) is 17.0. The molecule has 0 heterocycles. The lowest BCUT2D eigenvalue weighted by molar-refractivity contribution is 0.335. The third kappa shape index (κ3) is 4.44. The Kier molecular flexibility index (Phi) is 5.24. The van der Waals surface area contributed by atoms with Crippen LogP contribution in [0, 0.1) is 17.2 Å². The van der Waals surface area contributed by atoms with Gasteiger partial charge in [-0.2, -0.15) is 13.7 Å². The number of nitrogens with zero attached hydrogens (tertiary/aromatic N) is 1. The maximum atomic E-state index is 10.9. The summed E-state index contributed by atoms with van der Waals surface area (Å²) in [5.41, 5.74) is 4.52. The molecule has 1 unspecified atom stereocenters. The molecule has 5 nitrogen and oxygen atoms in total. The second-order valence-electron chi connectivity index (χ2n) is 5.57. The van der Waals surface area contributed by atoms with Gasteiger partial charge in [-0.05, 0) is 41.7 Å². The maximum Gasteiger partial charge on any atom is 0.264 e. The van der Waals surface area contributed by atoms with E-state index in [0.717, 1.165) is 28.6 Å². The largest absolute Gasteiger partial charge is 0.383 e. The summed E-state index contributed by atoms with van der Waals surface area (Å²) >= 11 is 0. The SMILES string of the molecule is CC1=C(C#N)c2ccc(NCCOS(C)(=O)=O)cc2C=CC1C. The van der Waals surface area contributed by atoms with E-state index < -0.39 is 10.1 Å². The number of fused-ring (bicyclic) bond motifs is 1. The van der Waals surface area contributed by atoms with E-state index >= 15 is 0 Å². The van der Waals surface area contributed by atoms with E-state index in [2.05, 4.69) is 24.4 Å². The molecule has 1 aromatic carbocycles. The van der Waals surface area contributed by atoms with E-state index in [1.165, 1.54) is 0 Å². The van der Waals surface area contributed by atoms with Crippen molar-refractivity contribution in [3.8, 4) is 6.07 Å². The summed E-state index contributed by atoms with van der Waals surface area (Å²) in [6.45, 7) is 4.51. The van der Waals surface area contributed by atoms with Crippen LogP contribution in [0.2, 0.25) is 0 Å². The van der Waals surface area contributed by atoms with Crippen molar-refractivity contribution in [2.24, 2.45) is 5.92 Å². The van der Waals surface area contributed by atoms with Gasteiger partial charge >= 0.3 is 0 Å². The van der Waals surface area contributed by atoms with Gasteiger partial charge in [0, 0.05) is 12.2 Å². The quantitative estimate of drug-likeness (QED) is 0.662. The molecule has 0 saturated carbocycles. The predicted molar refractivity (Wildman–Crippen MR) is 92.1 cm³/mol. The highest BCUT2D eigenvalue weighted by atomic mass is 32.2. The fraction of sp³-hybridized carbons (Fsp3) is 0.353. The monoisotopic (exact) mass is 332 g/mol. The predicted octanol–water partition coefficient (Wildman–Crippen LogP) is 3.03. The number of rotatable bonds is 5. The van der Waals surface area contributed by atoms with E-state index in [1.54, 1.807) is 0 Å². The summed E-state index contributed by atoms with van der Waals surface area (Å²) < 4.78 is 26.5. The number of benzene rings is 1.